The number of pyridine rings is 1. The first kappa shape index (κ1) is 21.7. The van der Waals surface area contributed by atoms with Crippen LogP contribution in [0.15, 0.2) is 18.3 Å². The van der Waals surface area contributed by atoms with Crippen molar-refractivity contribution in [2.75, 3.05) is 52.5 Å². The second-order valence-corrected chi connectivity index (χ2v) is 8.72. The average molecular weight is 429 g/mol. The zero-order valence-corrected chi connectivity index (χ0v) is 18.3. The van der Waals surface area contributed by atoms with Gasteiger partial charge in [0.2, 0.25) is 11.8 Å². The highest BCUT2D eigenvalue weighted by molar-refractivity contribution is 5.94. The number of amides is 3. The van der Waals surface area contributed by atoms with Crippen molar-refractivity contribution in [1.29, 1.82) is 0 Å². The lowest BCUT2D eigenvalue weighted by molar-refractivity contribution is -0.136. The Morgan fingerprint density at radius 3 is 2.48 bits per heavy atom. The molecule has 3 aliphatic rings. The second kappa shape index (κ2) is 9.77. The van der Waals surface area contributed by atoms with Crippen molar-refractivity contribution in [2.45, 2.75) is 38.5 Å². The van der Waals surface area contributed by atoms with E-state index in [1.807, 2.05) is 28.9 Å². The number of rotatable bonds is 5. The molecular weight excluding hydrogens is 396 g/mol. The Hall–Kier alpha value is -2.48. The predicted octanol–water partition coefficient (Wildman–Crippen LogP) is 1.52. The van der Waals surface area contributed by atoms with Crippen molar-refractivity contribution in [1.82, 2.24) is 19.7 Å². The molecule has 0 aromatic carbocycles. The van der Waals surface area contributed by atoms with Crippen LogP contribution in [0.2, 0.25) is 0 Å². The number of piperidine rings is 1. The molecule has 8 heteroatoms. The summed E-state index contributed by atoms with van der Waals surface area (Å²) in [6, 6.07) is 3.82. The fourth-order valence-electron chi connectivity index (χ4n) is 4.80. The van der Waals surface area contributed by atoms with Crippen LogP contribution in [0.4, 0.5) is 0 Å². The molecule has 0 N–H and O–H groups in total. The smallest absolute Gasteiger partial charge is 0.255 e. The highest BCUT2D eigenvalue weighted by atomic mass is 16.5. The number of hydrogen-bond donors (Lipinski definition) is 0. The van der Waals surface area contributed by atoms with E-state index >= 15 is 0 Å². The van der Waals surface area contributed by atoms with Crippen LogP contribution < -0.4 is 0 Å². The van der Waals surface area contributed by atoms with Gasteiger partial charge in [0.25, 0.3) is 5.91 Å². The summed E-state index contributed by atoms with van der Waals surface area (Å²) in [7, 11) is 0. The minimum Gasteiger partial charge on any atom is -0.378 e. The summed E-state index contributed by atoms with van der Waals surface area (Å²) in [5, 5.41) is 0. The van der Waals surface area contributed by atoms with Gasteiger partial charge in [-0.1, -0.05) is 6.92 Å². The maximum atomic E-state index is 12.9. The number of aromatic nitrogens is 1. The van der Waals surface area contributed by atoms with E-state index in [-0.39, 0.29) is 23.6 Å². The van der Waals surface area contributed by atoms with Gasteiger partial charge in [0.15, 0.2) is 0 Å². The van der Waals surface area contributed by atoms with Gasteiger partial charge in [-0.3, -0.25) is 19.4 Å². The molecule has 0 radical (unpaired) electrons. The van der Waals surface area contributed by atoms with Gasteiger partial charge in [-0.05, 0) is 31.4 Å². The summed E-state index contributed by atoms with van der Waals surface area (Å²) >= 11 is 0. The number of ether oxygens (including phenoxy) is 1. The maximum absolute atomic E-state index is 12.9. The van der Waals surface area contributed by atoms with Gasteiger partial charge in [0, 0.05) is 63.5 Å². The molecule has 168 valence electrons. The van der Waals surface area contributed by atoms with Gasteiger partial charge >= 0.3 is 0 Å². The Labute approximate surface area is 183 Å². The number of morpholine rings is 1. The molecule has 1 aromatic heterocycles. The Morgan fingerprint density at radius 2 is 1.84 bits per heavy atom. The van der Waals surface area contributed by atoms with Gasteiger partial charge in [-0.15, -0.1) is 0 Å². The largest absolute Gasteiger partial charge is 0.378 e. The van der Waals surface area contributed by atoms with E-state index in [9.17, 15) is 14.4 Å². The molecule has 0 spiro atoms. The quantitative estimate of drug-likeness (QED) is 0.710. The molecule has 31 heavy (non-hydrogen) atoms. The van der Waals surface area contributed by atoms with Crippen LogP contribution in [-0.4, -0.2) is 89.9 Å². The lowest BCUT2D eigenvalue weighted by Crippen LogP contribution is -2.42. The van der Waals surface area contributed by atoms with Crippen molar-refractivity contribution in [3.63, 3.8) is 0 Å². The number of carbonyl (C=O) groups is 3. The number of likely N-dealkylation sites (tertiary alicyclic amines) is 2. The molecule has 0 aliphatic carbocycles. The van der Waals surface area contributed by atoms with Crippen LogP contribution in [-0.2, 0) is 14.3 Å². The molecule has 3 fully saturated rings. The van der Waals surface area contributed by atoms with Crippen molar-refractivity contribution >= 4 is 17.7 Å². The van der Waals surface area contributed by atoms with Crippen LogP contribution in [0.3, 0.4) is 0 Å². The summed E-state index contributed by atoms with van der Waals surface area (Å²) in [4.78, 5) is 47.7. The Kier molecular flexibility index (Phi) is 6.85. The third-order valence-electron chi connectivity index (χ3n) is 6.61. The van der Waals surface area contributed by atoms with Crippen molar-refractivity contribution in [3.8, 4) is 0 Å². The standard InChI is InChI=1S/C23H32N4O4/c1-2-7-27-16-19(14-21(27)28)23(30)25-8-5-17(6-9-25)20-4-3-18(15-24-20)22(29)26-10-12-31-13-11-26/h3-4,15,17,19H,2,5-14,16H2,1H3. The topological polar surface area (TPSA) is 83.1 Å². The number of hydrogen-bond acceptors (Lipinski definition) is 5. The lowest BCUT2D eigenvalue weighted by Gasteiger charge is -2.33. The van der Waals surface area contributed by atoms with Crippen molar-refractivity contribution in [2.24, 2.45) is 5.92 Å². The molecule has 0 saturated carbocycles. The van der Waals surface area contributed by atoms with Crippen LogP contribution in [0.1, 0.15) is 54.6 Å². The molecule has 8 nitrogen and oxygen atoms in total. The maximum Gasteiger partial charge on any atom is 0.255 e. The van der Waals surface area contributed by atoms with Gasteiger partial charge < -0.3 is 19.4 Å². The summed E-state index contributed by atoms with van der Waals surface area (Å²) in [5.74, 6) is 0.319. The molecule has 3 saturated heterocycles. The number of nitrogens with zero attached hydrogens (tertiary/aromatic N) is 4. The number of carbonyl (C=O) groups excluding carboxylic acids is 3. The molecule has 3 amide bonds. The molecule has 4 heterocycles. The van der Waals surface area contributed by atoms with Crippen LogP contribution in [0.5, 0.6) is 0 Å². The molecule has 4 rings (SSSR count). The van der Waals surface area contributed by atoms with Crippen molar-refractivity contribution < 1.29 is 19.1 Å². The van der Waals surface area contributed by atoms with E-state index in [1.54, 1.807) is 11.1 Å². The van der Waals surface area contributed by atoms with E-state index in [4.69, 9.17) is 4.74 Å². The Balaban J connectivity index is 1.29. The monoisotopic (exact) mass is 428 g/mol. The van der Waals surface area contributed by atoms with E-state index in [0.29, 0.717) is 63.8 Å². The zero-order chi connectivity index (χ0) is 21.8. The van der Waals surface area contributed by atoms with Gasteiger partial charge in [-0.25, -0.2) is 0 Å². The highest BCUT2D eigenvalue weighted by Crippen LogP contribution is 2.29. The molecule has 3 aliphatic heterocycles. The van der Waals surface area contributed by atoms with Gasteiger partial charge in [0.05, 0.1) is 24.7 Å². The summed E-state index contributed by atoms with van der Waals surface area (Å²) in [5.41, 5.74) is 1.59. The van der Waals surface area contributed by atoms with E-state index in [2.05, 4.69) is 4.98 Å². The summed E-state index contributed by atoms with van der Waals surface area (Å²) in [6.07, 6.45) is 4.65. The second-order valence-electron chi connectivity index (χ2n) is 8.72. The van der Waals surface area contributed by atoms with Gasteiger partial charge in [0.1, 0.15) is 0 Å². The predicted molar refractivity (Wildman–Crippen MR) is 114 cm³/mol. The molecule has 0 bridgehead atoms. The van der Waals surface area contributed by atoms with E-state index in [0.717, 1.165) is 31.5 Å². The minimum absolute atomic E-state index is 0.00555. The first-order valence-corrected chi connectivity index (χ1v) is 11.5. The Morgan fingerprint density at radius 1 is 1.10 bits per heavy atom. The zero-order valence-electron chi connectivity index (χ0n) is 18.3. The molecule has 1 aromatic rings. The minimum atomic E-state index is -0.195. The average Bonchev–Trinajstić information content (AvgIpc) is 3.19. The fourth-order valence-corrected chi connectivity index (χ4v) is 4.80. The molecule has 1 atom stereocenters. The summed E-state index contributed by atoms with van der Waals surface area (Å²) < 4.78 is 5.31. The van der Waals surface area contributed by atoms with E-state index in [1.165, 1.54) is 0 Å². The third kappa shape index (κ3) is 4.89. The molecular formula is C23H32N4O4. The SMILES string of the molecule is CCCN1CC(C(=O)N2CCC(c3ccc(C(=O)N4CCOCC4)cn3)CC2)CC1=O. The first-order chi connectivity index (χ1) is 15.1. The highest BCUT2D eigenvalue weighted by Gasteiger charge is 2.37. The van der Waals surface area contributed by atoms with E-state index < -0.39 is 0 Å². The fraction of sp³-hybridized carbons (Fsp3) is 0.652. The lowest BCUT2D eigenvalue weighted by atomic mass is 9.92. The van der Waals surface area contributed by atoms with Crippen LogP contribution >= 0.6 is 0 Å². The van der Waals surface area contributed by atoms with Crippen LogP contribution in [0, 0.1) is 5.92 Å². The normalized spacial score (nSPS) is 22.8. The summed E-state index contributed by atoms with van der Waals surface area (Å²) in [6.45, 7) is 7.14. The molecule has 1 unspecified atom stereocenters. The van der Waals surface area contributed by atoms with Crippen molar-refractivity contribution in [3.05, 3.63) is 29.6 Å². The van der Waals surface area contributed by atoms with Gasteiger partial charge in [-0.2, -0.15) is 0 Å². The van der Waals surface area contributed by atoms with Crippen LogP contribution in [0.25, 0.3) is 0 Å². The first-order valence-electron chi connectivity index (χ1n) is 11.5. The Bertz CT molecular complexity index is 798. The third-order valence-corrected chi connectivity index (χ3v) is 6.61.